The molecular formula is C40H56O23S. The van der Waals surface area contributed by atoms with Crippen molar-refractivity contribution in [3.63, 3.8) is 0 Å². The summed E-state index contributed by atoms with van der Waals surface area (Å²) < 4.78 is 53.2. The second-order valence-electron chi connectivity index (χ2n) is 17.6. The molecule has 8 rings (SSSR count). The summed E-state index contributed by atoms with van der Waals surface area (Å²) in [4.78, 5) is 27.3. The summed E-state index contributed by atoms with van der Waals surface area (Å²) in [6.45, 7) is 1.34. The van der Waals surface area contributed by atoms with Crippen LogP contribution in [0.3, 0.4) is 0 Å². The van der Waals surface area contributed by atoms with Crippen molar-refractivity contribution in [2.24, 2.45) is 11.8 Å². The number of carbonyl (C=O) groups excluding carboxylic acids is 2. The number of Topliss-reactive ketones (excluding diaryl/α,β-unsaturated/α-hetero) is 1. The van der Waals surface area contributed by atoms with Crippen LogP contribution in [0.4, 0.5) is 0 Å². The van der Waals surface area contributed by atoms with Crippen molar-refractivity contribution in [2.75, 3.05) is 25.6 Å². The molecule has 0 bridgehead atoms. The van der Waals surface area contributed by atoms with Crippen LogP contribution in [0, 0.1) is 11.8 Å². The molecule has 1 saturated carbocycles. The van der Waals surface area contributed by atoms with Crippen LogP contribution in [0.2, 0.25) is 0 Å². The van der Waals surface area contributed by atoms with E-state index < -0.39 is 170 Å². The van der Waals surface area contributed by atoms with Crippen LogP contribution in [-0.4, -0.2) is 232 Å². The first kappa shape index (κ1) is 48.2. The number of fused-ring (bicyclic) bond motifs is 3. The molecule has 0 aromatic heterocycles. The van der Waals surface area contributed by atoms with Gasteiger partial charge in [-0.15, -0.1) is 0 Å². The van der Waals surface area contributed by atoms with Crippen molar-refractivity contribution in [3.8, 4) is 5.75 Å². The summed E-state index contributed by atoms with van der Waals surface area (Å²) in [5, 5.41) is 128. The van der Waals surface area contributed by atoms with Gasteiger partial charge in [0.15, 0.2) is 24.5 Å². The lowest BCUT2D eigenvalue weighted by Gasteiger charge is -2.48. The predicted molar refractivity (Wildman–Crippen MR) is 207 cm³/mol. The Morgan fingerprint density at radius 1 is 0.766 bits per heavy atom. The molecule has 1 aromatic rings. The van der Waals surface area contributed by atoms with E-state index in [1.54, 1.807) is 6.92 Å². The second kappa shape index (κ2) is 18.7. The average Bonchev–Trinajstić information content (AvgIpc) is 3.76. The zero-order chi connectivity index (χ0) is 46.2. The van der Waals surface area contributed by atoms with E-state index in [0.29, 0.717) is 0 Å². The first-order valence-electron chi connectivity index (χ1n) is 21.1. The molecule has 1 aliphatic carbocycles. The molecule has 12 N–H and O–H groups in total. The number of ketones is 1. The first-order chi connectivity index (χ1) is 30.3. The van der Waals surface area contributed by atoms with E-state index in [4.69, 9.17) is 42.6 Å². The van der Waals surface area contributed by atoms with Crippen molar-refractivity contribution in [1.82, 2.24) is 0 Å². The number of aliphatic hydroxyl groups is 11. The summed E-state index contributed by atoms with van der Waals surface area (Å²) >= 11 is 1.23. The SMILES string of the molecule is C[C@@H]1CO[C@@]2(C[C@@H]1OC(=O)c1ccc(O)cc1)OC1[C@H]3SC[C@H](O[C@@H]4O[C@H](CO)[C@@H](O)[C@H](O)[C@H]4O[C@@H]4O[C@H](CO)[C@@H](O)[C@H](O[C@@H]5O[C@@H](C)[C@H](O)[C@@H](O)[C@H]5O)[C@H]4O)[C@H]3C[C@H](O)[C@]1(O)C2=O. The fraction of sp³-hybridized carbons (Fsp3) is 0.800. The highest BCUT2D eigenvalue weighted by atomic mass is 32.2. The fourth-order valence-electron chi connectivity index (χ4n) is 9.63. The molecule has 6 heterocycles. The minimum Gasteiger partial charge on any atom is -0.508 e. The zero-order valence-corrected chi connectivity index (χ0v) is 35.3. The highest BCUT2D eigenvalue weighted by Crippen LogP contribution is 2.56. The number of phenolic OH excluding ortho intramolecular Hbond substituents is 1. The van der Waals surface area contributed by atoms with Crippen molar-refractivity contribution >= 4 is 23.5 Å². The van der Waals surface area contributed by atoms with Crippen LogP contribution in [0.5, 0.6) is 5.75 Å². The Labute approximate surface area is 369 Å². The molecule has 1 spiro atoms. The molecule has 360 valence electrons. The molecule has 1 aromatic carbocycles. The van der Waals surface area contributed by atoms with Crippen molar-refractivity contribution in [3.05, 3.63) is 29.8 Å². The second-order valence-corrected chi connectivity index (χ2v) is 18.8. The summed E-state index contributed by atoms with van der Waals surface area (Å²) in [5.74, 6) is -4.83. The Bertz CT molecular complexity index is 1810. The van der Waals surface area contributed by atoms with Gasteiger partial charge >= 0.3 is 5.97 Å². The van der Waals surface area contributed by atoms with E-state index in [2.05, 4.69) is 0 Å². The number of ether oxygens (including phenoxy) is 9. The third-order valence-corrected chi connectivity index (χ3v) is 15.0. The molecule has 7 fully saturated rings. The largest absolute Gasteiger partial charge is 0.508 e. The number of esters is 1. The zero-order valence-electron chi connectivity index (χ0n) is 34.5. The number of aliphatic hydroxyl groups excluding tert-OH is 10. The Morgan fingerprint density at radius 3 is 2.09 bits per heavy atom. The van der Waals surface area contributed by atoms with Crippen LogP contribution in [0.15, 0.2) is 24.3 Å². The molecular weight excluding hydrogens is 880 g/mol. The maximum Gasteiger partial charge on any atom is 0.338 e. The van der Waals surface area contributed by atoms with Gasteiger partial charge in [-0.1, -0.05) is 6.92 Å². The minimum absolute atomic E-state index is 0.0583. The van der Waals surface area contributed by atoms with Crippen LogP contribution >= 0.6 is 11.8 Å². The Hall–Kier alpha value is -2.25. The van der Waals surface area contributed by atoms with Gasteiger partial charge in [0.1, 0.15) is 85.1 Å². The summed E-state index contributed by atoms with van der Waals surface area (Å²) in [7, 11) is 0. The van der Waals surface area contributed by atoms with Gasteiger partial charge in [0.25, 0.3) is 0 Å². The Balaban J connectivity index is 0.987. The van der Waals surface area contributed by atoms with Gasteiger partial charge in [0.05, 0.1) is 43.7 Å². The van der Waals surface area contributed by atoms with E-state index in [1.165, 1.54) is 43.0 Å². The maximum absolute atomic E-state index is 14.2. The van der Waals surface area contributed by atoms with Crippen molar-refractivity contribution < 1.29 is 113 Å². The highest BCUT2D eigenvalue weighted by molar-refractivity contribution is 8.00. The van der Waals surface area contributed by atoms with E-state index in [9.17, 15) is 70.9 Å². The molecule has 7 aliphatic rings. The monoisotopic (exact) mass is 936 g/mol. The van der Waals surface area contributed by atoms with E-state index >= 15 is 0 Å². The quantitative estimate of drug-likeness (QED) is 0.0975. The van der Waals surface area contributed by atoms with Crippen LogP contribution in [-0.2, 0) is 47.4 Å². The molecule has 24 heteroatoms. The summed E-state index contributed by atoms with van der Waals surface area (Å²) in [5.41, 5.74) is -2.32. The molecule has 23 nitrogen and oxygen atoms in total. The number of phenols is 1. The third-order valence-electron chi connectivity index (χ3n) is 13.5. The molecule has 0 radical (unpaired) electrons. The first-order valence-corrected chi connectivity index (χ1v) is 22.2. The molecule has 1 unspecified atom stereocenters. The van der Waals surface area contributed by atoms with Crippen molar-refractivity contribution in [1.29, 1.82) is 0 Å². The number of benzene rings is 1. The van der Waals surface area contributed by atoms with E-state index in [1.807, 2.05) is 0 Å². The van der Waals surface area contributed by atoms with Crippen molar-refractivity contribution in [2.45, 2.75) is 160 Å². The molecule has 24 atom stereocenters. The van der Waals surface area contributed by atoms with Gasteiger partial charge in [0, 0.05) is 29.3 Å². The van der Waals surface area contributed by atoms with Crippen LogP contribution in [0.1, 0.15) is 37.0 Å². The number of aromatic hydroxyl groups is 1. The Kier molecular flexibility index (Phi) is 14.1. The van der Waals surface area contributed by atoms with Gasteiger partial charge in [-0.05, 0) is 37.6 Å². The van der Waals surface area contributed by atoms with Gasteiger partial charge in [-0.3, -0.25) is 4.79 Å². The highest BCUT2D eigenvalue weighted by Gasteiger charge is 2.74. The number of rotatable bonds is 10. The standard InChI is InChI=1S/C40H56O23S/c1-13-11-55-39(8-18(13)57-34(52)15-3-5-16(43)6-4-15)38(53)40(54)22(44)7-17-21(12-64-32(17)33(40)63-39)60-37-31(27(49)24(46)19(9-41)59-37)62-36-29(51)30(25(47)20(10-42)58-36)61-35-28(50)26(48)23(45)14(2)56-35/h3-6,13-14,17-33,35-37,41-51,54H,7-12H2,1-2H3/t13-,14+,17-,18+,19-,20-,21+,22+,23+,24-,25-,26-,27+,28-,29-,30+,31-,32+,33?,35+,36+,37+,39+,40-/m1/s1. The normalized spacial score (nSPS) is 50.5. The lowest BCUT2D eigenvalue weighted by atomic mass is 9.70. The smallest absolute Gasteiger partial charge is 0.338 e. The minimum atomic E-state index is -2.46. The van der Waals surface area contributed by atoms with Crippen LogP contribution in [0.25, 0.3) is 0 Å². The summed E-state index contributed by atoms with van der Waals surface area (Å²) in [6.07, 6.45) is -30.8. The summed E-state index contributed by atoms with van der Waals surface area (Å²) in [6, 6.07) is 5.37. The van der Waals surface area contributed by atoms with Crippen LogP contribution < -0.4 is 0 Å². The molecule has 64 heavy (non-hydrogen) atoms. The van der Waals surface area contributed by atoms with Gasteiger partial charge in [-0.25, -0.2) is 4.79 Å². The lowest BCUT2D eigenvalue weighted by Crippen LogP contribution is -2.67. The Morgan fingerprint density at radius 2 is 1.41 bits per heavy atom. The predicted octanol–water partition coefficient (Wildman–Crippen LogP) is -5.27. The fourth-order valence-corrected chi connectivity index (χ4v) is 11.3. The molecule has 0 amide bonds. The number of carbonyl (C=O) groups is 2. The average molecular weight is 937 g/mol. The number of hydrogen-bond donors (Lipinski definition) is 12. The van der Waals surface area contributed by atoms with Gasteiger partial charge < -0.3 is 104 Å². The third kappa shape index (κ3) is 8.39. The van der Waals surface area contributed by atoms with Gasteiger partial charge in [0.2, 0.25) is 11.6 Å². The maximum atomic E-state index is 14.2. The number of thioether (sulfide) groups is 1. The van der Waals surface area contributed by atoms with E-state index in [-0.39, 0.29) is 36.5 Å². The lowest BCUT2D eigenvalue weighted by molar-refractivity contribution is -0.387. The van der Waals surface area contributed by atoms with Gasteiger partial charge in [-0.2, -0.15) is 11.8 Å². The number of hydrogen-bond acceptors (Lipinski definition) is 24. The van der Waals surface area contributed by atoms with E-state index in [0.717, 1.165) is 0 Å². The molecule has 6 aliphatic heterocycles. The molecule has 6 saturated heterocycles. The topological polar surface area (TPSA) is 360 Å².